The molecule has 2 rings (SSSR count). The summed E-state index contributed by atoms with van der Waals surface area (Å²) in [4.78, 5) is 18.2. The zero-order valence-electron chi connectivity index (χ0n) is 11.3. The number of anilines is 1. The number of rotatable bonds is 3. The minimum atomic E-state index is -0.0579. The average Bonchev–Trinajstić information content (AvgIpc) is 2.47. The Morgan fingerprint density at radius 2 is 2.37 bits per heavy atom. The van der Waals surface area contributed by atoms with Gasteiger partial charge in [0, 0.05) is 20.2 Å². The first kappa shape index (κ1) is 13.8. The molecule has 104 valence electrons. The largest absolute Gasteiger partial charge is 0.379 e. The number of nitrogens with zero attached hydrogens (tertiary/aromatic N) is 2. The smallest absolute Gasteiger partial charge is 0.272 e. The van der Waals surface area contributed by atoms with Gasteiger partial charge >= 0.3 is 0 Å². The van der Waals surface area contributed by atoms with Crippen LogP contribution in [0.25, 0.3) is 0 Å². The summed E-state index contributed by atoms with van der Waals surface area (Å²) >= 11 is 0. The number of aromatic nitrogens is 1. The van der Waals surface area contributed by atoms with Crippen molar-refractivity contribution < 1.29 is 9.53 Å². The lowest BCUT2D eigenvalue weighted by Gasteiger charge is -2.36. The number of methoxy groups -OCH3 is 1. The molecule has 0 radical (unpaired) electrons. The second-order valence-electron chi connectivity index (χ2n) is 4.87. The van der Waals surface area contributed by atoms with E-state index in [0.717, 1.165) is 13.0 Å². The van der Waals surface area contributed by atoms with Gasteiger partial charge in [0.2, 0.25) is 0 Å². The van der Waals surface area contributed by atoms with Crippen molar-refractivity contribution in [2.45, 2.75) is 19.4 Å². The van der Waals surface area contributed by atoms with E-state index in [9.17, 15) is 4.79 Å². The summed E-state index contributed by atoms with van der Waals surface area (Å²) in [6.07, 6.45) is 2.60. The van der Waals surface area contributed by atoms with Gasteiger partial charge in [-0.05, 0) is 24.5 Å². The van der Waals surface area contributed by atoms with Crippen LogP contribution in [0.15, 0.2) is 18.3 Å². The number of hydrogen-bond donors (Lipinski definition) is 2. The molecule has 0 bridgehead atoms. The molecule has 1 fully saturated rings. The standard InChI is InChI=1S/C13H20N4O2/c1-9-5-6-17(8-12(9)19-2)13(18)11-4-3-10(16-14)7-15-11/h3-4,7,9,12,16H,5-6,8,14H2,1-2H3. The summed E-state index contributed by atoms with van der Waals surface area (Å²) < 4.78 is 5.42. The monoisotopic (exact) mass is 264 g/mol. The topological polar surface area (TPSA) is 80.5 Å². The predicted molar refractivity (Wildman–Crippen MR) is 72.5 cm³/mol. The number of pyridine rings is 1. The molecule has 1 aliphatic rings. The number of carbonyl (C=O) groups is 1. The number of nitrogens with one attached hydrogen (secondary N) is 1. The van der Waals surface area contributed by atoms with Crippen LogP contribution in [0.5, 0.6) is 0 Å². The third-order valence-corrected chi connectivity index (χ3v) is 3.63. The van der Waals surface area contributed by atoms with Gasteiger partial charge in [-0.3, -0.25) is 10.6 Å². The van der Waals surface area contributed by atoms with E-state index in [1.807, 2.05) is 0 Å². The molecule has 1 amide bonds. The van der Waals surface area contributed by atoms with E-state index >= 15 is 0 Å². The molecule has 0 aliphatic carbocycles. The highest BCUT2D eigenvalue weighted by atomic mass is 16.5. The molecular weight excluding hydrogens is 244 g/mol. The van der Waals surface area contributed by atoms with Crippen LogP contribution in [-0.2, 0) is 4.74 Å². The Balaban J connectivity index is 2.06. The molecule has 6 nitrogen and oxygen atoms in total. The van der Waals surface area contributed by atoms with Crippen molar-refractivity contribution in [1.82, 2.24) is 9.88 Å². The normalized spacial score (nSPS) is 23.2. The Morgan fingerprint density at radius 1 is 1.58 bits per heavy atom. The van der Waals surface area contributed by atoms with E-state index in [1.54, 1.807) is 30.3 Å². The summed E-state index contributed by atoms with van der Waals surface area (Å²) in [6.45, 7) is 3.52. The second-order valence-corrected chi connectivity index (χ2v) is 4.87. The minimum Gasteiger partial charge on any atom is -0.379 e. The summed E-state index contributed by atoms with van der Waals surface area (Å²) in [7, 11) is 1.69. The molecule has 1 aliphatic heterocycles. The van der Waals surface area contributed by atoms with E-state index in [0.29, 0.717) is 23.8 Å². The Bertz CT molecular complexity index is 435. The van der Waals surface area contributed by atoms with Crippen LogP contribution in [0, 0.1) is 5.92 Å². The number of ether oxygens (including phenoxy) is 1. The maximum absolute atomic E-state index is 12.3. The maximum Gasteiger partial charge on any atom is 0.272 e. The van der Waals surface area contributed by atoms with Gasteiger partial charge in [0.05, 0.1) is 18.0 Å². The highest BCUT2D eigenvalue weighted by Gasteiger charge is 2.29. The summed E-state index contributed by atoms with van der Waals surface area (Å²) in [5.41, 5.74) is 3.60. The molecule has 1 saturated heterocycles. The van der Waals surface area contributed by atoms with E-state index in [2.05, 4.69) is 17.3 Å². The van der Waals surface area contributed by atoms with E-state index in [1.165, 1.54) is 0 Å². The highest BCUT2D eigenvalue weighted by Crippen LogP contribution is 2.20. The minimum absolute atomic E-state index is 0.0579. The van der Waals surface area contributed by atoms with Crippen molar-refractivity contribution in [3.63, 3.8) is 0 Å². The van der Waals surface area contributed by atoms with Gasteiger partial charge in [-0.2, -0.15) is 0 Å². The lowest BCUT2D eigenvalue weighted by atomic mass is 9.95. The van der Waals surface area contributed by atoms with Crippen molar-refractivity contribution in [2.24, 2.45) is 11.8 Å². The number of amides is 1. The molecule has 3 N–H and O–H groups in total. The van der Waals surface area contributed by atoms with Crippen molar-refractivity contribution >= 4 is 11.6 Å². The Hall–Kier alpha value is -1.66. The van der Waals surface area contributed by atoms with Crippen LogP contribution in [0.2, 0.25) is 0 Å². The molecule has 0 spiro atoms. The summed E-state index contributed by atoms with van der Waals surface area (Å²) in [5.74, 6) is 5.69. The van der Waals surface area contributed by atoms with Crippen molar-refractivity contribution in [3.8, 4) is 0 Å². The third-order valence-electron chi connectivity index (χ3n) is 3.63. The fraction of sp³-hybridized carbons (Fsp3) is 0.538. The number of piperidine rings is 1. The first-order valence-electron chi connectivity index (χ1n) is 6.40. The SMILES string of the molecule is COC1CN(C(=O)c2ccc(NN)cn2)CCC1C. The second kappa shape index (κ2) is 5.99. The van der Waals surface area contributed by atoms with Crippen molar-refractivity contribution in [3.05, 3.63) is 24.0 Å². The lowest BCUT2D eigenvalue weighted by Crippen LogP contribution is -2.46. The van der Waals surface area contributed by atoms with Gasteiger partial charge in [-0.1, -0.05) is 6.92 Å². The zero-order valence-corrected chi connectivity index (χ0v) is 11.3. The third kappa shape index (κ3) is 3.02. The molecular formula is C13H20N4O2. The first-order chi connectivity index (χ1) is 9.15. The molecule has 0 aromatic carbocycles. The van der Waals surface area contributed by atoms with Crippen molar-refractivity contribution in [1.29, 1.82) is 0 Å². The van der Waals surface area contributed by atoms with Crippen LogP contribution in [0.3, 0.4) is 0 Å². The quantitative estimate of drug-likeness (QED) is 0.625. The summed E-state index contributed by atoms with van der Waals surface area (Å²) in [6, 6.07) is 3.41. The summed E-state index contributed by atoms with van der Waals surface area (Å²) in [5, 5.41) is 0. The lowest BCUT2D eigenvalue weighted by molar-refractivity contribution is -0.00177. The Morgan fingerprint density at radius 3 is 2.95 bits per heavy atom. The molecule has 2 unspecified atom stereocenters. The van der Waals surface area contributed by atoms with E-state index in [-0.39, 0.29) is 12.0 Å². The molecule has 2 heterocycles. The molecule has 0 saturated carbocycles. The average molecular weight is 264 g/mol. The van der Waals surface area contributed by atoms with Crippen LogP contribution in [0.1, 0.15) is 23.8 Å². The number of likely N-dealkylation sites (tertiary alicyclic amines) is 1. The van der Waals surface area contributed by atoms with Gasteiger partial charge in [-0.15, -0.1) is 0 Å². The molecule has 6 heteroatoms. The van der Waals surface area contributed by atoms with Gasteiger partial charge in [0.1, 0.15) is 5.69 Å². The molecule has 1 aromatic heterocycles. The maximum atomic E-state index is 12.3. The Kier molecular flexibility index (Phi) is 4.34. The van der Waals surface area contributed by atoms with E-state index < -0.39 is 0 Å². The van der Waals surface area contributed by atoms with Gasteiger partial charge in [0.15, 0.2) is 0 Å². The fourth-order valence-electron chi connectivity index (χ4n) is 2.29. The van der Waals surface area contributed by atoms with Gasteiger partial charge in [-0.25, -0.2) is 4.98 Å². The molecule has 1 aromatic rings. The molecule has 19 heavy (non-hydrogen) atoms. The van der Waals surface area contributed by atoms with Crippen LogP contribution in [0.4, 0.5) is 5.69 Å². The number of nitrogen functional groups attached to an aromatic ring is 1. The number of hydrogen-bond acceptors (Lipinski definition) is 5. The van der Waals surface area contributed by atoms with Gasteiger partial charge in [0.25, 0.3) is 5.91 Å². The number of nitrogens with two attached hydrogens (primary N) is 1. The first-order valence-corrected chi connectivity index (χ1v) is 6.40. The fourth-order valence-corrected chi connectivity index (χ4v) is 2.29. The van der Waals surface area contributed by atoms with Crippen LogP contribution < -0.4 is 11.3 Å². The Labute approximate surface area is 112 Å². The number of hydrazine groups is 1. The van der Waals surface area contributed by atoms with Gasteiger partial charge < -0.3 is 15.1 Å². The number of carbonyl (C=O) groups excluding carboxylic acids is 1. The van der Waals surface area contributed by atoms with Crippen LogP contribution >= 0.6 is 0 Å². The van der Waals surface area contributed by atoms with E-state index in [4.69, 9.17) is 10.6 Å². The van der Waals surface area contributed by atoms with Crippen molar-refractivity contribution in [2.75, 3.05) is 25.6 Å². The molecule has 2 atom stereocenters. The predicted octanol–water partition coefficient (Wildman–Crippen LogP) is 0.864. The highest BCUT2D eigenvalue weighted by molar-refractivity contribution is 5.92. The zero-order chi connectivity index (χ0) is 13.8. The van der Waals surface area contributed by atoms with Crippen LogP contribution in [-0.4, -0.2) is 42.1 Å².